The predicted molar refractivity (Wildman–Crippen MR) is 108 cm³/mol. The van der Waals surface area contributed by atoms with Gasteiger partial charge >= 0.3 is 0 Å². The van der Waals surface area contributed by atoms with E-state index in [0.29, 0.717) is 16.7 Å². The van der Waals surface area contributed by atoms with Crippen molar-refractivity contribution in [2.24, 2.45) is 0 Å². The molecule has 2 heteroatoms. The molecule has 0 N–H and O–H groups in total. The molecule has 0 aliphatic heterocycles. The summed E-state index contributed by atoms with van der Waals surface area (Å²) in [7, 11) is 0. The van der Waals surface area contributed by atoms with Crippen LogP contribution >= 0.6 is 0 Å². The lowest BCUT2D eigenvalue weighted by molar-refractivity contribution is 0.0990. The van der Waals surface area contributed by atoms with Gasteiger partial charge in [-0.1, -0.05) is 88.6 Å². The molecule has 2 rings (SSSR count). The number of benzene rings is 2. The maximum atomic E-state index is 12.6. The first-order valence-electron chi connectivity index (χ1n) is 9.05. The van der Waals surface area contributed by atoms with E-state index in [1.165, 1.54) is 19.8 Å². The molecule has 0 atom stereocenters. The van der Waals surface area contributed by atoms with Crippen LogP contribution in [0.5, 0.6) is 0 Å². The number of Topliss-reactive ketones (excluding diaryl/α,β-unsaturated/α-hetero) is 1. The Kier molecular flexibility index (Phi) is 11.1. The molecule has 2 aromatic carbocycles. The number of carbonyl (C=O) groups excluding carboxylic acids is 2. The normalized spacial score (nSPS) is 9.24. The molecular weight excluding hydrogens is 308 g/mol. The number of hydrogen-bond acceptors (Lipinski definition) is 2. The number of aryl methyl sites for hydroxylation is 2. The maximum Gasteiger partial charge on any atom is 0.194 e. The van der Waals surface area contributed by atoms with Crippen molar-refractivity contribution in [2.45, 2.75) is 61.3 Å². The lowest BCUT2D eigenvalue weighted by atomic mass is 9.93. The van der Waals surface area contributed by atoms with Crippen LogP contribution in [0.4, 0.5) is 0 Å². The molecule has 0 amide bonds. The highest BCUT2D eigenvalue weighted by Crippen LogP contribution is 2.18. The Morgan fingerprint density at radius 2 is 1.24 bits per heavy atom. The molecule has 2 aromatic rings. The van der Waals surface area contributed by atoms with Gasteiger partial charge in [-0.15, -0.1) is 0 Å². The molecule has 0 fully saturated rings. The number of rotatable bonds is 3. The molecular formula is C23H32O2. The van der Waals surface area contributed by atoms with Crippen LogP contribution in [0.1, 0.15) is 84.9 Å². The standard InChI is InChI=1S/C17H16O2.2C3H8/c1-11-8-9-14(12(2)10-11)17(19)16-7-5-4-6-15(16)13(3)18;2*1-3-2/h4-10H,1-3H3;2*3H2,1-2H3. The zero-order valence-electron chi connectivity index (χ0n) is 16.8. The van der Waals surface area contributed by atoms with Gasteiger partial charge in [0.15, 0.2) is 11.6 Å². The molecule has 0 aromatic heterocycles. The van der Waals surface area contributed by atoms with Crippen LogP contribution in [0.15, 0.2) is 42.5 Å². The number of hydrogen-bond donors (Lipinski definition) is 0. The van der Waals surface area contributed by atoms with Crippen LogP contribution in [0, 0.1) is 13.8 Å². The molecule has 0 saturated carbocycles. The molecule has 136 valence electrons. The third-order valence-electron chi connectivity index (χ3n) is 3.18. The second kappa shape index (κ2) is 12.2. The molecule has 0 heterocycles. The van der Waals surface area contributed by atoms with E-state index in [0.717, 1.165) is 11.1 Å². The van der Waals surface area contributed by atoms with Gasteiger partial charge in [0.25, 0.3) is 0 Å². The SMILES string of the molecule is CC(=O)c1ccccc1C(=O)c1ccc(C)cc1C.CCC.CCC. The van der Waals surface area contributed by atoms with E-state index < -0.39 is 0 Å². The predicted octanol–water partition coefficient (Wildman–Crippen LogP) is 6.57. The minimum absolute atomic E-state index is 0.0892. The molecule has 0 aliphatic carbocycles. The second-order valence-electron chi connectivity index (χ2n) is 6.16. The maximum absolute atomic E-state index is 12.6. The third-order valence-corrected chi connectivity index (χ3v) is 3.18. The van der Waals surface area contributed by atoms with Crippen LogP contribution in [0.3, 0.4) is 0 Å². The second-order valence-corrected chi connectivity index (χ2v) is 6.16. The first-order valence-corrected chi connectivity index (χ1v) is 9.05. The monoisotopic (exact) mass is 340 g/mol. The molecule has 0 spiro atoms. The molecule has 0 saturated heterocycles. The van der Waals surface area contributed by atoms with E-state index >= 15 is 0 Å². The van der Waals surface area contributed by atoms with Crippen LogP contribution in [0.25, 0.3) is 0 Å². The quantitative estimate of drug-likeness (QED) is 0.592. The van der Waals surface area contributed by atoms with Gasteiger partial charge in [-0.25, -0.2) is 0 Å². The van der Waals surface area contributed by atoms with Gasteiger partial charge in [0.1, 0.15) is 0 Å². The summed E-state index contributed by atoms with van der Waals surface area (Å²) in [5, 5.41) is 0. The highest BCUT2D eigenvalue weighted by molar-refractivity contribution is 6.15. The lowest BCUT2D eigenvalue weighted by Gasteiger charge is -2.09. The van der Waals surface area contributed by atoms with Gasteiger partial charge in [-0.3, -0.25) is 9.59 Å². The Balaban J connectivity index is 0.000000844. The highest BCUT2D eigenvalue weighted by Gasteiger charge is 2.17. The average molecular weight is 341 g/mol. The Hall–Kier alpha value is -2.22. The smallest absolute Gasteiger partial charge is 0.194 e. The van der Waals surface area contributed by atoms with Crippen molar-refractivity contribution < 1.29 is 9.59 Å². The van der Waals surface area contributed by atoms with Crippen molar-refractivity contribution in [2.75, 3.05) is 0 Å². The van der Waals surface area contributed by atoms with Crippen molar-refractivity contribution in [1.82, 2.24) is 0 Å². The summed E-state index contributed by atoms with van der Waals surface area (Å²) < 4.78 is 0. The minimum atomic E-state index is -0.0942. The molecule has 0 unspecified atom stereocenters. The van der Waals surface area contributed by atoms with Crippen LogP contribution in [-0.4, -0.2) is 11.6 Å². The van der Waals surface area contributed by atoms with E-state index in [-0.39, 0.29) is 11.6 Å². The van der Waals surface area contributed by atoms with E-state index in [4.69, 9.17) is 0 Å². The Bertz CT molecular complexity index is 682. The van der Waals surface area contributed by atoms with E-state index in [2.05, 4.69) is 27.7 Å². The van der Waals surface area contributed by atoms with Gasteiger partial charge in [0.05, 0.1) is 0 Å². The van der Waals surface area contributed by atoms with Gasteiger partial charge < -0.3 is 0 Å². The average Bonchev–Trinajstić information content (AvgIpc) is 2.56. The summed E-state index contributed by atoms with van der Waals surface area (Å²) in [5.74, 6) is -0.183. The molecule has 0 bridgehead atoms. The summed E-state index contributed by atoms with van der Waals surface area (Å²) >= 11 is 0. The summed E-state index contributed by atoms with van der Waals surface area (Å²) in [4.78, 5) is 24.1. The summed E-state index contributed by atoms with van der Waals surface area (Å²) in [6.45, 7) is 13.9. The molecule has 0 aliphatic rings. The molecule has 0 radical (unpaired) electrons. The molecule has 25 heavy (non-hydrogen) atoms. The van der Waals surface area contributed by atoms with Crippen molar-refractivity contribution in [3.05, 3.63) is 70.3 Å². The Labute approximate surface area is 153 Å². The minimum Gasteiger partial charge on any atom is -0.294 e. The fraction of sp³-hybridized carbons (Fsp3) is 0.391. The Morgan fingerprint density at radius 3 is 1.68 bits per heavy atom. The van der Waals surface area contributed by atoms with Crippen LogP contribution in [0.2, 0.25) is 0 Å². The summed E-state index contributed by atoms with van der Waals surface area (Å²) in [6, 6.07) is 12.7. The van der Waals surface area contributed by atoms with E-state index in [9.17, 15) is 9.59 Å². The van der Waals surface area contributed by atoms with Gasteiger partial charge in [0, 0.05) is 16.7 Å². The van der Waals surface area contributed by atoms with Crippen molar-refractivity contribution in [3.63, 3.8) is 0 Å². The zero-order chi connectivity index (χ0) is 19.4. The fourth-order valence-corrected chi connectivity index (χ4v) is 2.20. The van der Waals surface area contributed by atoms with Gasteiger partial charge in [-0.2, -0.15) is 0 Å². The number of ketones is 2. The largest absolute Gasteiger partial charge is 0.294 e. The lowest BCUT2D eigenvalue weighted by Crippen LogP contribution is -2.09. The summed E-state index contributed by atoms with van der Waals surface area (Å²) in [5.41, 5.74) is 3.66. The van der Waals surface area contributed by atoms with Crippen molar-refractivity contribution in [3.8, 4) is 0 Å². The topological polar surface area (TPSA) is 34.1 Å². The summed E-state index contributed by atoms with van der Waals surface area (Å²) in [6.07, 6.45) is 2.50. The Morgan fingerprint density at radius 1 is 0.760 bits per heavy atom. The third kappa shape index (κ3) is 7.47. The van der Waals surface area contributed by atoms with Crippen molar-refractivity contribution in [1.29, 1.82) is 0 Å². The van der Waals surface area contributed by atoms with Crippen molar-refractivity contribution >= 4 is 11.6 Å². The fourth-order valence-electron chi connectivity index (χ4n) is 2.20. The van der Waals surface area contributed by atoms with Gasteiger partial charge in [0.2, 0.25) is 0 Å². The zero-order valence-corrected chi connectivity index (χ0v) is 16.8. The van der Waals surface area contributed by atoms with E-state index in [1.807, 2.05) is 32.0 Å². The van der Waals surface area contributed by atoms with Crippen LogP contribution in [-0.2, 0) is 0 Å². The first kappa shape index (κ1) is 22.8. The van der Waals surface area contributed by atoms with Crippen LogP contribution < -0.4 is 0 Å². The first-order chi connectivity index (χ1) is 11.8. The number of carbonyl (C=O) groups is 2. The molecule has 2 nitrogen and oxygen atoms in total. The highest BCUT2D eigenvalue weighted by atomic mass is 16.1. The van der Waals surface area contributed by atoms with Gasteiger partial charge in [-0.05, 0) is 26.3 Å². The van der Waals surface area contributed by atoms with E-state index in [1.54, 1.807) is 24.3 Å².